The number of unbranched alkanes of at least 4 members (excludes halogenated alkanes) is 2. The number of carbonyl (C=O) groups is 2. The molecule has 118 valence electrons. The lowest BCUT2D eigenvalue weighted by Crippen LogP contribution is -2.08. The molecule has 0 aromatic rings. The van der Waals surface area contributed by atoms with E-state index in [2.05, 4.69) is 0 Å². The summed E-state index contributed by atoms with van der Waals surface area (Å²) in [5.41, 5.74) is 0. The van der Waals surface area contributed by atoms with E-state index in [0.717, 1.165) is 25.7 Å². The van der Waals surface area contributed by atoms with Crippen molar-refractivity contribution in [1.82, 2.24) is 0 Å². The molecule has 0 N–H and O–H groups in total. The smallest absolute Gasteiger partial charge is 0.306 e. The first-order valence-corrected chi connectivity index (χ1v) is 9.25. The SMILES string of the molecule is CCCCOC(=O)CC[PH](=O)CCC(=O)OCCCC. The molecule has 0 saturated carbocycles. The normalized spacial score (nSPS) is 10.6. The Kier molecular flexibility index (Phi) is 12.6. The van der Waals surface area contributed by atoms with Crippen molar-refractivity contribution < 1.29 is 23.6 Å². The molecule has 0 aliphatic heterocycles. The van der Waals surface area contributed by atoms with Crippen LogP contribution in [-0.2, 0) is 23.6 Å². The Morgan fingerprint density at radius 2 is 1.25 bits per heavy atom. The lowest BCUT2D eigenvalue weighted by Gasteiger charge is -2.05. The quantitative estimate of drug-likeness (QED) is 0.315. The second kappa shape index (κ2) is 13.2. The van der Waals surface area contributed by atoms with Crippen LogP contribution in [0.15, 0.2) is 0 Å². The summed E-state index contributed by atoms with van der Waals surface area (Å²) in [6.45, 7) is 4.90. The molecule has 6 heteroatoms. The van der Waals surface area contributed by atoms with Crippen molar-refractivity contribution in [3.05, 3.63) is 0 Å². The first-order valence-electron chi connectivity index (χ1n) is 7.43. The van der Waals surface area contributed by atoms with Crippen molar-refractivity contribution >= 4 is 19.7 Å². The van der Waals surface area contributed by atoms with Crippen LogP contribution in [0, 0.1) is 0 Å². The van der Waals surface area contributed by atoms with Crippen LogP contribution in [0.1, 0.15) is 52.4 Å². The van der Waals surface area contributed by atoms with Gasteiger partial charge in [-0.15, -0.1) is 0 Å². The lowest BCUT2D eigenvalue weighted by atomic mass is 10.4. The number of hydrogen-bond acceptors (Lipinski definition) is 5. The summed E-state index contributed by atoms with van der Waals surface area (Å²) in [6, 6.07) is 0. The molecule has 0 heterocycles. The summed E-state index contributed by atoms with van der Waals surface area (Å²) in [5.74, 6) is -0.607. The van der Waals surface area contributed by atoms with Crippen LogP contribution in [0.4, 0.5) is 0 Å². The van der Waals surface area contributed by atoms with Gasteiger partial charge in [0, 0.05) is 12.3 Å². The molecule has 0 saturated heterocycles. The fraction of sp³-hybridized carbons (Fsp3) is 0.857. The monoisotopic (exact) mass is 306 g/mol. The Balaban J connectivity index is 3.57. The van der Waals surface area contributed by atoms with Gasteiger partial charge in [0.15, 0.2) is 0 Å². The van der Waals surface area contributed by atoms with Crippen LogP contribution in [0.2, 0.25) is 0 Å². The van der Waals surface area contributed by atoms with E-state index in [-0.39, 0.29) is 24.8 Å². The van der Waals surface area contributed by atoms with E-state index in [0.29, 0.717) is 25.5 Å². The largest absolute Gasteiger partial charge is 0.466 e. The van der Waals surface area contributed by atoms with E-state index < -0.39 is 7.80 Å². The van der Waals surface area contributed by atoms with Gasteiger partial charge in [0.05, 0.1) is 33.9 Å². The predicted octanol–water partition coefficient (Wildman–Crippen LogP) is 3.01. The molecule has 0 amide bonds. The number of ether oxygens (including phenoxy) is 2. The van der Waals surface area contributed by atoms with Crippen LogP contribution in [0.25, 0.3) is 0 Å². The minimum Gasteiger partial charge on any atom is -0.466 e. The summed E-state index contributed by atoms with van der Waals surface area (Å²) in [7, 11) is -1.89. The molecule has 20 heavy (non-hydrogen) atoms. The lowest BCUT2D eigenvalue weighted by molar-refractivity contribution is -0.144. The second-order valence-electron chi connectivity index (χ2n) is 4.69. The van der Waals surface area contributed by atoms with E-state index in [4.69, 9.17) is 9.47 Å². The molecule has 0 aromatic heterocycles. The molecule has 0 aliphatic carbocycles. The summed E-state index contributed by atoms with van der Waals surface area (Å²) < 4.78 is 21.6. The second-order valence-corrected chi connectivity index (χ2v) is 6.76. The maximum Gasteiger partial charge on any atom is 0.306 e. The van der Waals surface area contributed by atoms with E-state index in [1.165, 1.54) is 0 Å². The van der Waals surface area contributed by atoms with Crippen molar-refractivity contribution in [2.45, 2.75) is 52.4 Å². The molecule has 0 fully saturated rings. The zero-order valence-corrected chi connectivity index (χ0v) is 13.6. The molecule has 0 rings (SSSR count). The molecule has 0 aromatic carbocycles. The maximum absolute atomic E-state index is 11.7. The van der Waals surface area contributed by atoms with E-state index in [1.807, 2.05) is 13.8 Å². The Labute approximate surface area is 122 Å². The summed E-state index contributed by atoms with van der Waals surface area (Å²) in [6.07, 6.45) is 4.64. The fourth-order valence-corrected chi connectivity index (χ4v) is 2.63. The molecule has 0 unspecified atom stereocenters. The minimum absolute atomic E-state index is 0.173. The Bertz CT molecular complexity index is 276. The Morgan fingerprint density at radius 1 is 0.850 bits per heavy atom. The third-order valence-corrected chi connectivity index (χ3v) is 4.35. The number of hydrogen-bond donors (Lipinski definition) is 0. The van der Waals surface area contributed by atoms with Gasteiger partial charge in [-0.2, -0.15) is 0 Å². The van der Waals surface area contributed by atoms with Gasteiger partial charge in [0.25, 0.3) is 0 Å². The van der Waals surface area contributed by atoms with Crippen LogP contribution < -0.4 is 0 Å². The van der Waals surface area contributed by atoms with Gasteiger partial charge in [-0.05, 0) is 12.8 Å². The van der Waals surface area contributed by atoms with Crippen LogP contribution >= 0.6 is 7.80 Å². The minimum atomic E-state index is -1.89. The van der Waals surface area contributed by atoms with Gasteiger partial charge < -0.3 is 14.0 Å². The molecule has 0 spiro atoms. The third-order valence-electron chi connectivity index (χ3n) is 2.74. The van der Waals surface area contributed by atoms with Crippen LogP contribution in [-0.4, -0.2) is 37.5 Å². The molecule has 0 aliphatic rings. The number of carbonyl (C=O) groups excluding carboxylic acids is 2. The first kappa shape index (κ1) is 19.2. The zero-order chi connectivity index (χ0) is 15.2. The summed E-state index contributed by atoms with van der Waals surface area (Å²) in [4.78, 5) is 22.6. The van der Waals surface area contributed by atoms with E-state index in [9.17, 15) is 14.2 Å². The topological polar surface area (TPSA) is 69.7 Å². The van der Waals surface area contributed by atoms with Crippen LogP contribution in [0.3, 0.4) is 0 Å². The standard InChI is InChI=1S/C14H27O5P/c1-3-5-9-18-13(15)7-11-20(17)12-8-14(16)19-10-6-4-2/h20H,3-12H2,1-2H3. The van der Waals surface area contributed by atoms with Gasteiger partial charge in [-0.25, -0.2) is 0 Å². The Morgan fingerprint density at radius 3 is 1.60 bits per heavy atom. The van der Waals surface area contributed by atoms with E-state index >= 15 is 0 Å². The molecule has 5 nitrogen and oxygen atoms in total. The zero-order valence-electron chi connectivity index (χ0n) is 12.6. The molecule has 0 radical (unpaired) electrons. The van der Waals surface area contributed by atoms with Gasteiger partial charge in [-0.1, -0.05) is 26.7 Å². The van der Waals surface area contributed by atoms with Crippen molar-refractivity contribution in [2.75, 3.05) is 25.5 Å². The van der Waals surface area contributed by atoms with Gasteiger partial charge in [-0.3, -0.25) is 9.59 Å². The number of esters is 2. The average molecular weight is 306 g/mol. The third kappa shape index (κ3) is 12.2. The molecular weight excluding hydrogens is 279 g/mol. The van der Waals surface area contributed by atoms with Gasteiger partial charge in [0.2, 0.25) is 0 Å². The maximum atomic E-state index is 11.7. The van der Waals surface area contributed by atoms with E-state index in [1.54, 1.807) is 0 Å². The molecular formula is C14H27O5P. The van der Waals surface area contributed by atoms with Gasteiger partial charge in [0.1, 0.15) is 0 Å². The van der Waals surface area contributed by atoms with Crippen molar-refractivity contribution in [3.8, 4) is 0 Å². The average Bonchev–Trinajstić information content (AvgIpc) is 2.43. The van der Waals surface area contributed by atoms with Crippen LogP contribution in [0.5, 0.6) is 0 Å². The highest BCUT2D eigenvalue weighted by Crippen LogP contribution is 2.22. The summed E-state index contributed by atoms with van der Waals surface area (Å²) in [5, 5.41) is 0. The number of rotatable bonds is 12. The van der Waals surface area contributed by atoms with Crippen molar-refractivity contribution in [1.29, 1.82) is 0 Å². The molecule has 0 bridgehead atoms. The van der Waals surface area contributed by atoms with Crippen molar-refractivity contribution in [2.24, 2.45) is 0 Å². The predicted molar refractivity (Wildman–Crippen MR) is 79.7 cm³/mol. The first-order chi connectivity index (χ1) is 9.60. The fourth-order valence-electron chi connectivity index (χ4n) is 1.41. The van der Waals surface area contributed by atoms with Crippen molar-refractivity contribution in [3.63, 3.8) is 0 Å². The van der Waals surface area contributed by atoms with Gasteiger partial charge >= 0.3 is 11.9 Å². The Hall–Kier alpha value is -0.830. The molecule has 0 atom stereocenters. The highest BCUT2D eigenvalue weighted by molar-refractivity contribution is 7.44. The highest BCUT2D eigenvalue weighted by Gasteiger charge is 2.09. The summed E-state index contributed by atoms with van der Waals surface area (Å²) >= 11 is 0. The highest BCUT2D eigenvalue weighted by atomic mass is 31.1.